The van der Waals surface area contributed by atoms with Crippen molar-refractivity contribution in [1.29, 1.82) is 0 Å². The summed E-state index contributed by atoms with van der Waals surface area (Å²) >= 11 is 0. The molecule has 0 aliphatic heterocycles. The summed E-state index contributed by atoms with van der Waals surface area (Å²) in [5.74, 6) is -0.394. The smallest absolute Gasteiger partial charge is 0.316 e. The number of anilines is 2. The summed E-state index contributed by atoms with van der Waals surface area (Å²) in [4.78, 5) is 23.6. The highest BCUT2D eigenvalue weighted by molar-refractivity contribution is 7.92. The van der Waals surface area contributed by atoms with Crippen molar-refractivity contribution in [2.24, 2.45) is 5.73 Å². The van der Waals surface area contributed by atoms with Crippen molar-refractivity contribution in [3.63, 3.8) is 0 Å². The average molecular weight is 453 g/mol. The molecule has 0 atom stereocenters. The number of amides is 3. The topological polar surface area (TPSA) is 130 Å². The van der Waals surface area contributed by atoms with E-state index in [1.165, 1.54) is 12.1 Å². The van der Waals surface area contributed by atoms with Crippen LogP contribution in [0.25, 0.3) is 0 Å². The molecule has 3 aromatic carbocycles. The fraction of sp³-hybridized carbons (Fsp3) is 0.130. The predicted octanol–water partition coefficient (Wildman–Crippen LogP) is 3.52. The van der Waals surface area contributed by atoms with Gasteiger partial charge in [0.15, 0.2) is 0 Å². The largest absolute Gasteiger partial charge is 0.351 e. The Bertz CT molecular complexity index is 1240. The molecule has 0 spiro atoms. The third kappa shape index (κ3) is 5.86. The van der Waals surface area contributed by atoms with E-state index in [9.17, 15) is 18.0 Å². The van der Waals surface area contributed by atoms with Gasteiger partial charge in [0.1, 0.15) is 0 Å². The summed E-state index contributed by atoms with van der Waals surface area (Å²) in [5.41, 5.74) is 8.80. The van der Waals surface area contributed by atoms with Crippen LogP contribution in [0, 0.1) is 13.8 Å². The lowest BCUT2D eigenvalue weighted by Gasteiger charge is -2.12. The first-order valence-corrected chi connectivity index (χ1v) is 11.3. The van der Waals surface area contributed by atoms with Gasteiger partial charge in [-0.2, -0.15) is 0 Å². The quantitative estimate of drug-likeness (QED) is 0.437. The average Bonchev–Trinajstić information content (AvgIpc) is 2.74. The molecule has 32 heavy (non-hydrogen) atoms. The highest BCUT2D eigenvalue weighted by Gasteiger charge is 2.18. The Hall–Kier alpha value is -3.85. The highest BCUT2D eigenvalue weighted by Crippen LogP contribution is 2.20. The molecular weight excluding hydrogens is 428 g/mol. The van der Waals surface area contributed by atoms with E-state index in [0.717, 1.165) is 11.1 Å². The van der Waals surface area contributed by atoms with Crippen LogP contribution < -0.4 is 21.1 Å². The van der Waals surface area contributed by atoms with E-state index in [-0.39, 0.29) is 17.0 Å². The number of rotatable bonds is 7. The second-order valence-electron chi connectivity index (χ2n) is 7.32. The second-order valence-corrected chi connectivity index (χ2v) is 9.00. The lowest BCUT2D eigenvalue weighted by molar-refractivity contribution is 0.0950. The van der Waals surface area contributed by atoms with Gasteiger partial charge in [0.25, 0.3) is 15.9 Å². The third-order valence-corrected chi connectivity index (χ3v) is 6.12. The minimum atomic E-state index is -3.86. The zero-order valence-electron chi connectivity index (χ0n) is 17.7. The lowest BCUT2D eigenvalue weighted by atomic mass is 10.1. The van der Waals surface area contributed by atoms with E-state index in [0.29, 0.717) is 16.9 Å². The number of sulfonamides is 1. The van der Waals surface area contributed by atoms with Gasteiger partial charge in [-0.05, 0) is 61.4 Å². The molecule has 0 unspecified atom stereocenters. The molecule has 5 N–H and O–H groups in total. The van der Waals surface area contributed by atoms with Gasteiger partial charge in [-0.25, -0.2) is 13.2 Å². The molecule has 3 aromatic rings. The molecule has 8 nitrogen and oxygen atoms in total. The van der Waals surface area contributed by atoms with Gasteiger partial charge in [0.2, 0.25) is 0 Å². The molecule has 0 saturated heterocycles. The first-order chi connectivity index (χ1) is 15.1. The highest BCUT2D eigenvalue weighted by atomic mass is 32.2. The Morgan fingerprint density at radius 2 is 1.50 bits per heavy atom. The summed E-state index contributed by atoms with van der Waals surface area (Å²) in [6.45, 7) is 3.88. The van der Waals surface area contributed by atoms with Crippen LogP contribution in [0.1, 0.15) is 27.0 Å². The van der Waals surface area contributed by atoms with Crippen LogP contribution >= 0.6 is 0 Å². The summed E-state index contributed by atoms with van der Waals surface area (Å²) in [7, 11) is -3.86. The molecule has 0 bridgehead atoms. The Balaban J connectivity index is 1.72. The van der Waals surface area contributed by atoms with Gasteiger partial charge in [-0.3, -0.25) is 9.52 Å². The maximum absolute atomic E-state index is 12.8. The number of benzene rings is 3. The van der Waals surface area contributed by atoms with E-state index >= 15 is 0 Å². The minimum absolute atomic E-state index is 0.00398. The second kappa shape index (κ2) is 9.52. The molecule has 3 rings (SSSR count). The predicted molar refractivity (Wildman–Crippen MR) is 124 cm³/mol. The van der Waals surface area contributed by atoms with Gasteiger partial charge in [0.05, 0.1) is 4.90 Å². The van der Waals surface area contributed by atoms with Crippen LogP contribution in [0.15, 0.2) is 71.6 Å². The molecule has 0 aliphatic carbocycles. The van der Waals surface area contributed by atoms with E-state index in [1.54, 1.807) is 49.4 Å². The van der Waals surface area contributed by atoms with Gasteiger partial charge < -0.3 is 16.4 Å². The number of hydrogen-bond acceptors (Lipinski definition) is 4. The molecule has 3 amide bonds. The zero-order chi connectivity index (χ0) is 23.3. The summed E-state index contributed by atoms with van der Waals surface area (Å²) < 4.78 is 28.1. The molecule has 0 saturated carbocycles. The fourth-order valence-electron chi connectivity index (χ4n) is 2.97. The SMILES string of the molecule is Cc1ccc(NS(=O)(=O)c2ccc(C)c(C(=O)NCc3ccc(NC(N)=O)cc3)c2)cc1. The normalized spacial score (nSPS) is 10.9. The van der Waals surface area contributed by atoms with Crippen LogP contribution in [0.4, 0.5) is 16.2 Å². The molecule has 0 aromatic heterocycles. The molecule has 0 aliphatic rings. The molecular formula is C23H24N4O4S. The van der Waals surface area contributed by atoms with Crippen molar-refractivity contribution in [3.05, 3.63) is 89.0 Å². The number of primary amides is 1. The zero-order valence-corrected chi connectivity index (χ0v) is 18.5. The van der Waals surface area contributed by atoms with Crippen molar-refractivity contribution in [2.75, 3.05) is 10.0 Å². The number of hydrogen-bond donors (Lipinski definition) is 4. The van der Waals surface area contributed by atoms with E-state index in [2.05, 4.69) is 15.4 Å². The summed E-state index contributed by atoms with van der Waals surface area (Å²) in [6, 6.07) is 17.6. The number of nitrogens with one attached hydrogen (secondary N) is 3. The number of urea groups is 1. The Morgan fingerprint density at radius 1 is 0.875 bits per heavy atom. The monoisotopic (exact) mass is 452 g/mol. The Morgan fingerprint density at radius 3 is 2.12 bits per heavy atom. The van der Waals surface area contributed by atoms with Gasteiger partial charge in [-0.15, -0.1) is 0 Å². The first-order valence-electron chi connectivity index (χ1n) is 9.78. The van der Waals surface area contributed by atoms with Crippen molar-refractivity contribution in [1.82, 2.24) is 5.32 Å². The van der Waals surface area contributed by atoms with E-state index in [4.69, 9.17) is 5.73 Å². The number of carbonyl (C=O) groups excluding carboxylic acids is 2. The van der Waals surface area contributed by atoms with E-state index in [1.807, 2.05) is 19.1 Å². The molecule has 0 heterocycles. The standard InChI is InChI=1S/C23H24N4O4S/c1-15-3-8-19(9-4-15)27-32(30,31)20-12-5-16(2)21(13-20)22(28)25-14-17-6-10-18(11-7-17)26-23(24)29/h3-13,27H,14H2,1-2H3,(H,25,28)(H3,24,26,29). The van der Waals surface area contributed by atoms with Crippen molar-refractivity contribution >= 4 is 33.3 Å². The van der Waals surface area contributed by atoms with Gasteiger partial charge >= 0.3 is 6.03 Å². The molecule has 0 radical (unpaired) electrons. The van der Waals surface area contributed by atoms with Gasteiger partial charge in [-0.1, -0.05) is 35.9 Å². The fourth-order valence-corrected chi connectivity index (χ4v) is 4.06. The maximum atomic E-state index is 12.8. The Labute approximate surface area is 186 Å². The van der Waals surface area contributed by atoms with Crippen molar-refractivity contribution < 1.29 is 18.0 Å². The first kappa shape index (κ1) is 22.8. The van der Waals surface area contributed by atoms with Crippen LogP contribution in [-0.4, -0.2) is 20.4 Å². The lowest BCUT2D eigenvalue weighted by Crippen LogP contribution is -2.24. The van der Waals surface area contributed by atoms with Crippen LogP contribution in [0.3, 0.4) is 0 Å². The molecule has 166 valence electrons. The minimum Gasteiger partial charge on any atom is -0.351 e. The third-order valence-electron chi connectivity index (χ3n) is 4.74. The van der Waals surface area contributed by atoms with Crippen LogP contribution in [0.2, 0.25) is 0 Å². The number of nitrogens with two attached hydrogens (primary N) is 1. The van der Waals surface area contributed by atoms with E-state index < -0.39 is 22.0 Å². The number of carbonyl (C=O) groups is 2. The van der Waals surface area contributed by atoms with Crippen molar-refractivity contribution in [2.45, 2.75) is 25.3 Å². The Kier molecular flexibility index (Phi) is 6.79. The molecule has 9 heteroatoms. The van der Waals surface area contributed by atoms with Gasteiger partial charge in [0, 0.05) is 23.5 Å². The summed E-state index contributed by atoms with van der Waals surface area (Å²) in [6.07, 6.45) is 0. The summed E-state index contributed by atoms with van der Waals surface area (Å²) in [5, 5.41) is 5.24. The maximum Gasteiger partial charge on any atom is 0.316 e. The molecule has 0 fully saturated rings. The van der Waals surface area contributed by atoms with Crippen LogP contribution in [0.5, 0.6) is 0 Å². The van der Waals surface area contributed by atoms with Crippen molar-refractivity contribution in [3.8, 4) is 0 Å². The van der Waals surface area contributed by atoms with Crippen LogP contribution in [-0.2, 0) is 16.6 Å². The number of aryl methyl sites for hydroxylation is 2.